The molecule has 0 atom stereocenters. The molecule has 2 aliphatic rings. The van der Waals surface area contributed by atoms with Gasteiger partial charge in [-0.1, -0.05) is 16.8 Å². The Hall–Kier alpha value is -1.29. The Morgan fingerprint density at radius 3 is 3.06 bits per heavy atom. The molecule has 0 unspecified atom stereocenters. The Balaban J connectivity index is 1.83. The van der Waals surface area contributed by atoms with Crippen molar-refractivity contribution in [3.63, 3.8) is 0 Å². The summed E-state index contributed by atoms with van der Waals surface area (Å²) in [6.45, 7) is 2.06. The lowest BCUT2D eigenvalue weighted by atomic mass is 10.1. The van der Waals surface area contributed by atoms with E-state index < -0.39 is 0 Å². The van der Waals surface area contributed by atoms with Crippen molar-refractivity contribution >= 4 is 23.4 Å². The van der Waals surface area contributed by atoms with E-state index in [2.05, 4.69) is 30.3 Å². The molecule has 0 N–H and O–H groups in total. The molecule has 0 aromatic heterocycles. The molecule has 1 saturated carbocycles. The molecule has 0 saturated heterocycles. The first kappa shape index (κ1) is 11.8. The van der Waals surface area contributed by atoms with Gasteiger partial charge < -0.3 is 4.84 Å². The van der Waals surface area contributed by atoms with Crippen molar-refractivity contribution in [1.82, 2.24) is 0 Å². The minimum atomic E-state index is -0.171. The lowest BCUT2D eigenvalue weighted by Crippen LogP contribution is -2.12. The van der Waals surface area contributed by atoms with Crippen LogP contribution in [0, 0.1) is 12.8 Å². The van der Waals surface area contributed by atoms with Crippen LogP contribution in [0.25, 0.3) is 0 Å². The topological polar surface area (TPSA) is 38.7 Å². The zero-order valence-electron chi connectivity index (χ0n) is 10.3. The second-order valence-electron chi connectivity index (χ2n) is 4.82. The fraction of sp³-hybridized carbons (Fsp3) is 0.429. The van der Waals surface area contributed by atoms with E-state index in [1.165, 1.54) is 10.5 Å². The zero-order chi connectivity index (χ0) is 12.5. The lowest BCUT2D eigenvalue weighted by Gasteiger charge is -2.17. The molecule has 94 valence electrons. The fourth-order valence-electron chi connectivity index (χ4n) is 1.98. The van der Waals surface area contributed by atoms with Gasteiger partial charge in [-0.2, -0.15) is 0 Å². The van der Waals surface area contributed by atoms with E-state index in [9.17, 15) is 4.79 Å². The third-order valence-electron chi connectivity index (χ3n) is 3.20. The summed E-state index contributed by atoms with van der Waals surface area (Å²) in [6, 6.07) is 6.34. The number of hydrogen-bond acceptors (Lipinski definition) is 4. The summed E-state index contributed by atoms with van der Waals surface area (Å²) in [6.07, 6.45) is 2.77. The van der Waals surface area contributed by atoms with Crippen LogP contribution < -0.4 is 0 Å². The van der Waals surface area contributed by atoms with E-state index in [0.717, 1.165) is 36.3 Å². The fourth-order valence-corrected chi connectivity index (χ4v) is 2.99. The lowest BCUT2D eigenvalue weighted by molar-refractivity contribution is -0.145. The highest BCUT2D eigenvalue weighted by molar-refractivity contribution is 7.99. The third-order valence-corrected chi connectivity index (χ3v) is 4.27. The van der Waals surface area contributed by atoms with Gasteiger partial charge in [0.15, 0.2) is 0 Å². The molecule has 0 spiro atoms. The molecular formula is C14H15NO2S. The van der Waals surface area contributed by atoms with Gasteiger partial charge in [0.1, 0.15) is 0 Å². The molecule has 3 rings (SSSR count). The van der Waals surface area contributed by atoms with Gasteiger partial charge in [-0.15, -0.1) is 11.8 Å². The Bertz CT molecular complexity index is 521. The van der Waals surface area contributed by atoms with Gasteiger partial charge in [0.05, 0.1) is 11.6 Å². The zero-order valence-corrected chi connectivity index (χ0v) is 11.1. The number of carbonyl (C=O) groups is 1. The Labute approximate surface area is 111 Å². The van der Waals surface area contributed by atoms with Crippen molar-refractivity contribution < 1.29 is 9.63 Å². The van der Waals surface area contributed by atoms with Gasteiger partial charge >= 0.3 is 5.97 Å². The number of benzene rings is 1. The monoisotopic (exact) mass is 261 g/mol. The van der Waals surface area contributed by atoms with Crippen molar-refractivity contribution in [3.05, 3.63) is 29.3 Å². The van der Waals surface area contributed by atoms with Crippen LogP contribution in [0.1, 0.15) is 30.4 Å². The third kappa shape index (κ3) is 2.43. The summed E-state index contributed by atoms with van der Waals surface area (Å²) in [5, 5.41) is 4.08. The Kier molecular flexibility index (Phi) is 3.12. The van der Waals surface area contributed by atoms with Crippen molar-refractivity contribution in [2.45, 2.75) is 31.1 Å². The van der Waals surface area contributed by atoms with Crippen molar-refractivity contribution in [1.29, 1.82) is 0 Å². The molecule has 3 nitrogen and oxygen atoms in total. The summed E-state index contributed by atoms with van der Waals surface area (Å²) in [5.41, 5.74) is 3.23. The van der Waals surface area contributed by atoms with Crippen LogP contribution in [-0.2, 0) is 9.63 Å². The first-order valence-electron chi connectivity index (χ1n) is 6.25. The predicted molar refractivity (Wildman–Crippen MR) is 71.9 cm³/mol. The molecule has 0 radical (unpaired) electrons. The van der Waals surface area contributed by atoms with E-state index in [0.29, 0.717) is 0 Å². The minimum Gasteiger partial charge on any atom is -0.318 e. The highest BCUT2D eigenvalue weighted by Gasteiger charge is 2.32. The molecule has 0 amide bonds. The number of nitrogens with zero attached hydrogens (tertiary/aromatic N) is 1. The number of thioether (sulfide) groups is 1. The molecule has 1 aliphatic heterocycles. The summed E-state index contributed by atoms with van der Waals surface area (Å²) < 4.78 is 0. The smallest absolute Gasteiger partial charge is 0.318 e. The Morgan fingerprint density at radius 2 is 2.28 bits per heavy atom. The molecule has 1 aromatic carbocycles. The molecule has 1 aliphatic carbocycles. The average Bonchev–Trinajstić information content (AvgIpc) is 3.20. The molecule has 1 heterocycles. The molecule has 18 heavy (non-hydrogen) atoms. The number of fused-ring (bicyclic) bond motifs is 1. The van der Waals surface area contributed by atoms with Gasteiger partial charge in [0, 0.05) is 22.6 Å². The average molecular weight is 261 g/mol. The van der Waals surface area contributed by atoms with E-state index in [4.69, 9.17) is 4.84 Å². The number of oxime groups is 1. The maximum absolute atomic E-state index is 11.5. The van der Waals surface area contributed by atoms with E-state index in [1.807, 2.05) is 11.8 Å². The minimum absolute atomic E-state index is 0.101. The van der Waals surface area contributed by atoms with E-state index in [-0.39, 0.29) is 11.9 Å². The predicted octanol–water partition coefficient (Wildman–Crippen LogP) is 3.15. The highest BCUT2D eigenvalue weighted by atomic mass is 32.2. The van der Waals surface area contributed by atoms with Crippen molar-refractivity contribution in [2.75, 3.05) is 5.75 Å². The van der Waals surface area contributed by atoms with Crippen LogP contribution in [0.4, 0.5) is 0 Å². The molecule has 1 fully saturated rings. The van der Waals surface area contributed by atoms with Gasteiger partial charge in [0.2, 0.25) is 0 Å². The van der Waals surface area contributed by atoms with E-state index >= 15 is 0 Å². The molecule has 0 bridgehead atoms. The van der Waals surface area contributed by atoms with Gasteiger partial charge in [-0.25, -0.2) is 4.79 Å². The van der Waals surface area contributed by atoms with Crippen LogP contribution >= 0.6 is 11.8 Å². The normalized spacial score (nSPS) is 20.6. The van der Waals surface area contributed by atoms with Crippen LogP contribution in [-0.4, -0.2) is 17.4 Å². The first-order valence-corrected chi connectivity index (χ1v) is 7.24. The largest absolute Gasteiger partial charge is 0.338 e. The van der Waals surface area contributed by atoms with Crippen molar-refractivity contribution in [2.24, 2.45) is 11.1 Å². The first-order chi connectivity index (χ1) is 8.74. The van der Waals surface area contributed by atoms with E-state index in [1.54, 1.807) is 0 Å². The highest BCUT2D eigenvalue weighted by Crippen LogP contribution is 2.32. The SMILES string of the molecule is Cc1ccc2c(c1)/C(=N/OC(=O)C1CC1)CCS2. The second-order valence-corrected chi connectivity index (χ2v) is 5.96. The molecule has 4 heteroatoms. The van der Waals surface area contributed by atoms with Crippen LogP contribution in [0.2, 0.25) is 0 Å². The number of hydrogen-bond donors (Lipinski definition) is 0. The van der Waals surface area contributed by atoms with Gasteiger partial charge in [0.25, 0.3) is 0 Å². The van der Waals surface area contributed by atoms with Crippen LogP contribution in [0.5, 0.6) is 0 Å². The summed E-state index contributed by atoms with van der Waals surface area (Å²) in [4.78, 5) is 17.8. The molecular weight excluding hydrogens is 246 g/mol. The van der Waals surface area contributed by atoms with Crippen molar-refractivity contribution in [3.8, 4) is 0 Å². The maximum atomic E-state index is 11.5. The number of rotatable bonds is 2. The Morgan fingerprint density at radius 1 is 1.44 bits per heavy atom. The summed E-state index contributed by atoms with van der Waals surface area (Å²) in [7, 11) is 0. The van der Waals surface area contributed by atoms with Crippen LogP contribution in [0.15, 0.2) is 28.3 Å². The second kappa shape index (κ2) is 4.76. The standard InChI is InChI=1S/C14H15NO2S/c1-9-2-5-13-11(8-9)12(6-7-18-13)15-17-14(16)10-3-4-10/h2,5,8,10H,3-4,6-7H2,1H3/b15-12+. The quantitative estimate of drug-likeness (QED) is 0.606. The van der Waals surface area contributed by atoms with Crippen LogP contribution in [0.3, 0.4) is 0 Å². The number of aryl methyl sites for hydroxylation is 1. The maximum Gasteiger partial charge on any atom is 0.338 e. The van der Waals surface area contributed by atoms with Gasteiger partial charge in [-0.05, 0) is 31.9 Å². The van der Waals surface area contributed by atoms with Gasteiger partial charge in [-0.3, -0.25) is 0 Å². The molecule has 1 aromatic rings. The summed E-state index contributed by atoms with van der Waals surface area (Å²) >= 11 is 1.83. The number of carbonyl (C=O) groups excluding carboxylic acids is 1. The summed E-state index contributed by atoms with van der Waals surface area (Å²) in [5.74, 6) is 0.926.